The fraction of sp³-hybridized carbons (Fsp3) is 0.421. The number of aliphatic hydroxyl groups excluding tert-OH is 1. The van der Waals surface area contributed by atoms with Crippen molar-refractivity contribution in [3.05, 3.63) is 39.8 Å². The molecule has 6 nitrogen and oxygen atoms in total. The molecule has 0 spiro atoms. The zero-order chi connectivity index (χ0) is 19.4. The van der Waals surface area contributed by atoms with E-state index in [1.54, 1.807) is 35.2 Å². The lowest BCUT2D eigenvalue weighted by atomic mass is 9.99. The molecule has 1 aromatic carbocycles. The molecular formula is C19H21ClN2O4S. The van der Waals surface area contributed by atoms with Crippen molar-refractivity contribution in [3.63, 3.8) is 0 Å². The average Bonchev–Trinajstić information content (AvgIpc) is 2.92. The first kappa shape index (κ1) is 19.9. The molecule has 27 heavy (non-hydrogen) atoms. The molecule has 144 valence electrons. The van der Waals surface area contributed by atoms with Crippen molar-refractivity contribution in [1.29, 1.82) is 0 Å². The van der Waals surface area contributed by atoms with Crippen LogP contribution < -0.4 is 0 Å². The van der Waals surface area contributed by atoms with Gasteiger partial charge in [-0.05, 0) is 55.2 Å². The maximum absolute atomic E-state index is 12.7. The number of carbonyl (C=O) groups is 3. The molecule has 2 heterocycles. The molecule has 0 aromatic heterocycles. The van der Waals surface area contributed by atoms with Gasteiger partial charge in [-0.25, -0.2) is 0 Å². The third-order valence-electron chi connectivity index (χ3n) is 4.77. The number of imide groups is 1. The van der Waals surface area contributed by atoms with E-state index in [9.17, 15) is 19.5 Å². The third kappa shape index (κ3) is 4.54. The van der Waals surface area contributed by atoms with Crippen molar-refractivity contribution in [1.82, 2.24) is 9.80 Å². The van der Waals surface area contributed by atoms with Crippen LogP contribution in [0.3, 0.4) is 0 Å². The minimum Gasteiger partial charge on any atom is -0.396 e. The summed E-state index contributed by atoms with van der Waals surface area (Å²) in [6.45, 7) is 0.332. The van der Waals surface area contributed by atoms with Crippen LogP contribution in [0, 0.1) is 0 Å². The maximum atomic E-state index is 12.7. The number of likely N-dealkylation sites (tertiary alicyclic amines) is 1. The number of hydrogen-bond donors (Lipinski definition) is 1. The highest BCUT2D eigenvalue weighted by Crippen LogP contribution is 2.33. The van der Waals surface area contributed by atoms with Crippen LogP contribution in [0.5, 0.6) is 0 Å². The average molecular weight is 409 g/mol. The third-order valence-corrected chi connectivity index (χ3v) is 6.02. The van der Waals surface area contributed by atoms with Gasteiger partial charge in [0.2, 0.25) is 5.91 Å². The molecule has 2 aliphatic rings. The lowest BCUT2D eigenvalue weighted by molar-refractivity contribution is -0.139. The first-order chi connectivity index (χ1) is 13.0. The molecule has 2 fully saturated rings. The second kappa shape index (κ2) is 8.91. The van der Waals surface area contributed by atoms with Gasteiger partial charge >= 0.3 is 0 Å². The number of aliphatic hydroxyl groups is 1. The minimum atomic E-state index is -0.478. The molecule has 0 unspecified atom stereocenters. The molecule has 1 atom stereocenters. The molecule has 0 bridgehead atoms. The summed E-state index contributed by atoms with van der Waals surface area (Å²) in [5.74, 6) is -0.733. The van der Waals surface area contributed by atoms with E-state index < -0.39 is 11.1 Å². The van der Waals surface area contributed by atoms with Crippen LogP contribution in [-0.4, -0.2) is 57.7 Å². The standard InChI is InChI=1S/C19H21ClN2O4S/c20-15-7-2-1-5-13(15)11-16-18(25)22(19(26)27-16)12-17(24)21-9-4-3-6-14(21)8-10-23/h1-2,5,7,11,14,23H,3-4,6,8-10,12H2/b16-11-/t14-/m1/s1. The number of rotatable bonds is 5. The summed E-state index contributed by atoms with van der Waals surface area (Å²) in [4.78, 5) is 40.5. The zero-order valence-corrected chi connectivity index (χ0v) is 16.3. The summed E-state index contributed by atoms with van der Waals surface area (Å²) in [6.07, 6.45) is 4.83. The van der Waals surface area contributed by atoms with Gasteiger partial charge in [0.1, 0.15) is 6.54 Å². The van der Waals surface area contributed by atoms with E-state index in [4.69, 9.17) is 11.6 Å². The molecule has 3 amide bonds. The van der Waals surface area contributed by atoms with Gasteiger partial charge in [0.05, 0.1) is 4.91 Å². The summed E-state index contributed by atoms with van der Waals surface area (Å²) in [5.41, 5.74) is 0.648. The number of thioether (sulfide) groups is 1. The molecule has 1 aromatic rings. The maximum Gasteiger partial charge on any atom is 0.294 e. The molecule has 1 N–H and O–H groups in total. The van der Waals surface area contributed by atoms with Crippen molar-refractivity contribution in [2.24, 2.45) is 0 Å². The Morgan fingerprint density at radius 3 is 2.81 bits per heavy atom. The van der Waals surface area contributed by atoms with E-state index >= 15 is 0 Å². The molecule has 8 heteroatoms. The number of hydrogen-bond acceptors (Lipinski definition) is 5. The van der Waals surface area contributed by atoms with Crippen LogP contribution in [-0.2, 0) is 9.59 Å². The van der Waals surface area contributed by atoms with Gasteiger partial charge in [-0.1, -0.05) is 29.8 Å². The summed E-state index contributed by atoms with van der Waals surface area (Å²) in [6, 6.07) is 7.01. The van der Waals surface area contributed by atoms with Crippen molar-refractivity contribution >= 4 is 46.5 Å². The van der Waals surface area contributed by atoms with Gasteiger partial charge in [0, 0.05) is 24.2 Å². The number of nitrogens with zero attached hydrogens (tertiary/aromatic N) is 2. The monoisotopic (exact) mass is 408 g/mol. The van der Waals surface area contributed by atoms with E-state index in [-0.39, 0.29) is 30.0 Å². The van der Waals surface area contributed by atoms with Crippen molar-refractivity contribution in [2.75, 3.05) is 19.7 Å². The predicted molar refractivity (Wildman–Crippen MR) is 105 cm³/mol. The Hall–Kier alpha value is -1.83. The van der Waals surface area contributed by atoms with Gasteiger partial charge in [-0.15, -0.1) is 0 Å². The lowest BCUT2D eigenvalue weighted by Gasteiger charge is -2.36. The minimum absolute atomic E-state index is 0.0105. The van der Waals surface area contributed by atoms with Gasteiger partial charge in [-0.2, -0.15) is 0 Å². The Morgan fingerprint density at radius 1 is 1.30 bits per heavy atom. The molecule has 0 saturated carbocycles. The highest BCUT2D eigenvalue weighted by molar-refractivity contribution is 8.18. The van der Waals surface area contributed by atoms with E-state index in [0.717, 1.165) is 35.9 Å². The van der Waals surface area contributed by atoms with Crippen LogP contribution in [0.1, 0.15) is 31.2 Å². The summed E-state index contributed by atoms with van der Waals surface area (Å²) >= 11 is 6.92. The topological polar surface area (TPSA) is 77.9 Å². The molecule has 0 radical (unpaired) electrons. The highest BCUT2D eigenvalue weighted by Gasteiger charge is 2.38. The first-order valence-corrected chi connectivity index (χ1v) is 10.1. The molecular weight excluding hydrogens is 388 g/mol. The number of amides is 3. The number of carbonyl (C=O) groups excluding carboxylic acids is 3. The van der Waals surface area contributed by atoms with Gasteiger partial charge < -0.3 is 10.0 Å². The normalized spacial score (nSPS) is 22.0. The second-order valence-corrected chi connectivity index (χ2v) is 7.94. The largest absolute Gasteiger partial charge is 0.396 e. The Labute approximate surface area is 167 Å². The Morgan fingerprint density at radius 2 is 2.07 bits per heavy atom. The SMILES string of the molecule is O=C1S/C(=C\c2ccccc2Cl)C(=O)N1CC(=O)N1CCCC[C@@H]1CCO. The van der Waals surface area contributed by atoms with Crippen LogP contribution in [0.25, 0.3) is 6.08 Å². The van der Waals surface area contributed by atoms with Gasteiger partial charge in [-0.3, -0.25) is 19.3 Å². The molecule has 0 aliphatic carbocycles. The number of piperidine rings is 1. The Kier molecular flexibility index (Phi) is 6.57. The summed E-state index contributed by atoms with van der Waals surface area (Å²) < 4.78 is 0. The van der Waals surface area contributed by atoms with E-state index in [1.807, 2.05) is 0 Å². The van der Waals surface area contributed by atoms with E-state index in [2.05, 4.69) is 0 Å². The van der Waals surface area contributed by atoms with Crippen molar-refractivity contribution in [2.45, 2.75) is 31.7 Å². The molecule has 3 rings (SSSR count). The van der Waals surface area contributed by atoms with E-state index in [0.29, 0.717) is 23.6 Å². The highest BCUT2D eigenvalue weighted by atomic mass is 35.5. The van der Waals surface area contributed by atoms with E-state index in [1.165, 1.54) is 0 Å². The zero-order valence-electron chi connectivity index (χ0n) is 14.8. The fourth-order valence-electron chi connectivity index (χ4n) is 3.37. The van der Waals surface area contributed by atoms with Crippen molar-refractivity contribution < 1.29 is 19.5 Å². The predicted octanol–water partition coefficient (Wildman–Crippen LogP) is 3.14. The number of halogens is 1. The van der Waals surface area contributed by atoms with Crippen molar-refractivity contribution in [3.8, 4) is 0 Å². The molecule has 2 aliphatic heterocycles. The quantitative estimate of drug-likeness (QED) is 0.757. The Bertz CT molecular complexity index is 781. The number of benzene rings is 1. The lowest BCUT2D eigenvalue weighted by Crippen LogP contribution is -2.49. The smallest absolute Gasteiger partial charge is 0.294 e. The van der Waals surface area contributed by atoms with Crippen LogP contribution in [0.15, 0.2) is 29.2 Å². The van der Waals surface area contributed by atoms with Crippen LogP contribution >= 0.6 is 23.4 Å². The van der Waals surface area contributed by atoms with Crippen LogP contribution in [0.4, 0.5) is 4.79 Å². The fourth-order valence-corrected chi connectivity index (χ4v) is 4.39. The van der Waals surface area contributed by atoms with Gasteiger partial charge in [0.25, 0.3) is 11.1 Å². The van der Waals surface area contributed by atoms with Gasteiger partial charge in [0.15, 0.2) is 0 Å². The van der Waals surface area contributed by atoms with Crippen LogP contribution in [0.2, 0.25) is 5.02 Å². The summed E-state index contributed by atoms with van der Waals surface area (Å²) in [5, 5.41) is 9.24. The second-order valence-electron chi connectivity index (χ2n) is 6.54. The first-order valence-electron chi connectivity index (χ1n) is 8.91. The summed E-state index contributed by atoms with van der Waals surface area (Å²) in [7, 11) is 0. The Balaban J connectivity index is 1.72. The molecule has 2 saturated heterocycles.